The molecule has 0 spiro atoms. The van der Waals surface area contributed by atoms with Gasteiger partial charge in [-0.25, -0.2) is 9.78 Å². The van der Waals surface area contributed by atoms with Gasteiger partial charge in [-0.3, -0.25) is 14.2 Å². The number of carbonyl (C=O) groups excluding carboxylic acids is 2. The molecular formula is C18H23N3O4S. The van der Waals surface area contributed by atoms with Crippen molar-refractivity contribution in [1.29, 1.82) is 0 Å². The van der Waals surface area contributed by atoms with Crippen LogP contribution in [0.2, 0.25) is 0 Å². The van der Waals surface area contributed by atoms with E-state index in [4.69, 9.17) is 4.74 Å². The van der Waals surface area contributed by atoms with Crippen molar-refractivity contribution in [3.8, 4) is 0 Å². The Morgan fingerprint density at radius 3 is 2.69 bits per heavy atom. The van der Waals surface area contributed by atoms with Crippen molar-refractivity contribution in [2.75, 3.05) is 0 Å². The summed E-state index contributed by atoms with van der Waals surface area (Å²) in [7, 11) is 0. The Balaban J connectivity index is 1.88. The summed E-state index contributed by atoms with van der Waals surface area (Å²) < 4.78 is 7.00. The van der Waals surface area contributed by atoms with E-state index in [9.17, 15) is 14.4 Å². The Kier molecular flexibility index (Phi) is 4.64. The molecule has 1 aliphatic heterocycles. The zero-order valence-electron chi connectivity index (χ0n) is 15.6. The first-order valence-electron chi connectivity index (χ1n) is 8.64. The number of fused-ring (bicyclic) bond motifs is 2. The Bertz CT molecular complexity index is 952. The van der Waals surface area contributed by atoms with Gasteiger partial charge < -0.3 is 10.1 Å². The van der Waals surface area contributed by atoms with Crippen molar-refractivity contribution in [3.05, 3.63) is 26.6 Å². The molecule has 140 valence electrons. The quantitative estimate of drug-likeness (QED) is 0.828. The summed E-state index contributed by atoms with van der Waals surface area (Å²) in [5.74, 6) is -0.199. The predicted molar refractivity (Wildman–Crippen MR) is 99.7 cm³/mol. The van der Waals surface area contributed by atoms with Gasteiger partial charge >= 0.3 is 5.97 Å². The van der Waals surface area contributed by atoms with Gasteiger partial charge in [0.2, 0.25) is 0 Å². The van der Waals surface area contributed by atoms with Crippen molar-refractivity contribution < 1.29 is 14.3 Å². The van der Waals surface area contributed by atoms with Crippen LogP contribution in [0.25, 0.3) is 10.2 Å². The lowest BCUT2D eigenvalue weighted by molar-refractivity contribution is -0.130. The number of nitrogens with zero attached hydrogens (tertiary/aromatic N) is 2. The maximum atomic E-state index is 12.7. The number of rotatable bonds is 3. The van der Waals surface area contributed by atoms with Crippen molar-refractivity contribution in [3.63, 3.8) is 0 Å². The van der Waals surface area contributed by atoms with E-state index < -0.39 is 17.6 Å². The van der Waals surface area contributed by atoms with Crippen molar-refractivity contribution in [2.45, 2.75) is 65.6 Å². The second kappa shape index (κ2) is 6.50. The smallest absolute Gasteiger partial charge is 0.349 e. The Morgan fingerprint density at radius 2 is 2.04 bits per heavy atom. The zero-order chi connectivity index (χ0) is 19.2. The maximum absolute atomic E-state index is 12.7. The molecule has 0 radical (unpaired) electrons. The lowest BCUT2D eigenvalue weighted by Crippen LogP contribution is -2.46. The molecule has 0 fully saturated rings. The molecule has 1 aliphatic rings. The highest BCUT2D eigenvalue weighted by atomic mass is 32.1. The second-order valence-corrected chi connectivity index (χ2v) is 8.61. The molecule has 1 amide bonds. The average Bonchev–Trinajstić information content (AvgIpc) is 3.10. The number of amides is 1. The van der Waals surface area contributed by atoms with Crippen LogP contribution in [0.1, 0.15) is 55.2 Å². The largest absolute Gasteiger partial charge is 0.448 e. The summed E-state index contributed by atoms with van der Waals surface area (Å²) in [5, 5.41) is 3.25. The minimum Gasteiger partial charge on any atom is -0.448 e. The van der Waals surface area contributed by atoms with Crippen molar-refractivity contribution in [1.82, 2.24) is 14.9 Å². The Morgan fingerprint density at radius 1 is 1.35 bits per heavy atom. The summed E-state index contributed by atoms with van der Waals surface area (Å²) in [5.41, 5.74) is 0.0525. The van der Waals surface area contributed by atoms with E-state index in [1.54, 1.807) is 11.5 Å². The molecule has 26 heavy (non-hydrogen) atoms. The molecule has 3 heterocycles. The highest BCUT2D eigenvalue weighted by Gasteiger charge is 2.27. The molecule has 0 bridgehead atoms. The van der Waals surface area contributed by atoms with E-state index in [2.05, 4.69) is 10.3 Å². The molecule has 8 heteroatoms. The molecule has 1 atom stereocenters. The third-order valence-electron chi connectivity index (χ3n) is 4.25. The van der Waals surface area contributed by atoms with Crippen molar-refractivity contribution >= 4 is 33.4 Å². The van der Waals surface area contributed by atoms with Gasteiger partial charge in [-0.05, 0) is 46.6 Å². The molecule has 2 aromatic rings. The van der Waals surface area contributed by atoms with Crippen LogP contribution in [0.5, 0.6) is 0 Å². The molecular weight excluding hydrogens is 354 g/mol. The zero-order valence-corrected chi connectivity index (χ0v) is 16.5. The fraction of sp³-hybridized carbons (Fsp3) is 0.556. The topological polar surface area (TPSA) is 90.3 Å². The minimum atomic E-state index is -0.926. The molecule has 7 nitrogen and oxygen atoms in total. The lowest BCUT2D eigenvalue weighted by Gasteiger charge is -2.23. The monoisotopic (exact) mass is 377 g/mol. The van der Waals surface area contributed by atoms with Crippen molar-refractivity contribution in [2.24, 2.45) is 0 Å². The van der Waals surface area contributed by atoms with Gasteiger partial charge in [0.1, 0.15) is 15.5 Å². The molecule has 0 unspecified atom stereocenters. The van der Waals surface area contributed by atoms with Crippen LogP contribution in [0.15, 0.2) is 4.79 Å². The number of aryl methyl sites for hydroxylation is 2. The van der Waals surface area contributed by atoms with Gasteiger partial charge in [0.25, 0.3) is 11.5 Å². The molecule has 0 aromatic carbocycles. The van der Waals surface area contributed by atoms with Crippen LogP contribution in [0.4, 0.5) is 0 Å². The van der Waals surface area contributed by atoms with E-state index in [1.807, 2.05) is 20.8 Å². The molecule has 3 rings (SSSR count). The van der Waals surface area contributed by atoms with Gasteiger partial charge in [0.15, 0.2) is 6.10 Å². The first kappa shape index (κ1) is 18.6. The molecule has 0 saturated carbocycles. The van der Waals surface area contributed by atoms with Gasteiger partial charge in [0, 0.05) is 18.5 Å². The van der Waals surface area contributed by atoms with Crippen LogP contribution in [-0.2, 0) is 22.5 Å². The number of hydrogen-bond acceptors (Lipinski definition) is 6. The summed E-state index contributed by atoms with van der Waals surface area (Å²) in [6.07, 6.45) is 0.755. The van der Waals surface area contributed by atoms with Crippen LogP contribution in [-0.4, -0.2) is 33.1 Å². The SMILES string of the molecule is Cc1c(C(=O)O[C@H](C)C(=O)NC(C)(C)C)sc2nc3n(c(=O)c12)CCC3. The predicted octanol–water partition coefficient (Wildman–Crippen LogP) is 2.17. The number of hydrogen-bond donors (Lipinski definition) is 1. The van der Waals surface area contributed by atoms with E-state index in [0.29, 0.717) is 27.2 Å². The minimum absolute atomic E-state index is 0.103. The van der Waals surface area contributed by atoms with Crippen LogP contribution in [0, 0.1) is 6.92 Å². The van der Waals surface area contributed by atoms with E-state index in [1.165, 1.54) is 6.92 Å². The number of nitrogens with one attached hydrogen (secondary N) is 1. The number of ether oxygens (including phenoxy) is 1. The highest BCUT2D eigenvalue weighted by Crippen LogP contribution is 2.29. The van der Waals surface area contributed by atoms with Gasteiger partial charge in [-0.15, -0.1) is 11.3 Å². The highest BCUT2D eigenvalue weighted by molar-refractivity contribution is 7.20. The molecule has 0 aliphatic carbocycles. The van der Waals surface area contributed by atoms with E-state index in [0.717, 1.165) is 30.0 Å². The third-order valence-corrected chi connectivity index (χ3v) is 5.41. The summed E-state index contributed by atoms with van der Waals surface area (Å²) in [6.45, 7) is 9.48. The van der Waals surface area contributed by atoms with Crippen LogP contribution >= 0.6 is 11.3 Å². The first-order chi connectivity index (χ1) is 12.1. The average molecular weight is 377 g/mol. The first-order valence-corrected chi connectivity index (χ1v) is 9.46. The molecule has 2 aromatic heterocycles. The Labute approximate surface area is 155 Å². The van der Waals surface area contributed by atoms with Gasteiger partial charge in [-0.2, -0.15) is 0 Å². The number of esters is 1. The molecule has 0 saturated heterocycles. The maximum Gasteiger partial charge on any atom is 0.349 e. The normalized spacial score (nSPS) is 15.0. The Hall–Kier alpha value is -2.22. The third kappa shape index (κ3) is 3.38. The van der Waals surface area contributed by atoms with Gasteiger partial charge in [-0.1, -0.05) is 0 Å². The molecule has 1 N–H and O–H groups in total. The van der Waals surface area contributed by atoms with Crippen LogP contribution in [0.3, 0.4) is 0 Å². The lowest BCUT2D eigenvalue weighted by atomic mass is 10.1. The number of carbonyl (C=O) groups is 2. The number of aromatic nitrogens is 2. The summed E-state index contributed by atoms with van der Waals surface area (Å²) >= 11 is 1.15. The fourth-order valence-electron chi connectivity index (χ4n) is 3.01. The summed E-state index contributed by atoms with van der Waals surface area (Å²) in [6, 6.07) is 0. The van der Waals surface area contributed by atoms with Crippen LogP contribution < -0.4 is 10.9 Å². The van der Waals surface area contributed by atoms with E-state index >= 15 is 0 Å². The van der Waals surface area contributed by atoms with E-state index in [-0.39, 0.29) is 11.5 Å². The second-order valence-electron chi connectivity index (χ2n) is 7.61. The standard InChI is InChI=1S/C18H23N3O4S/c1-9-12-15(19-11-7-6-8-21(11)16(12)23)26-13(9)17(24)25-10(2)14(22)20-18(3,4)5/h10H,6-8H2,1-5H3,(H,20,22)/t10-/m1/s1. The fourth-order valence-corrected chi connectivity index (χ4v) is 4.08. The number of thiophene rings is 1. The summed E-state index contributed by atoms with van der Waals surface area (Å²) in [4.78, 5) is 42.8. The van der Waals surface area contributed by atoms with Gasteiger partial charge in [0.05, 0.1) is 5.39 Å².